The summed E-state index contributed by atoms with van der Waals surface area (Å²) in [6.07, 6.45) is 0.953. The monoisotopic (exact) mass is 287 g/mol. The van der Waals surface area contributed by atoms with Crippen LogP contribution in [0.3, 0.4) is 0 Å². The normalized spacial score (nSPS) is 11.8. The van der Waals surface area contributed by atoms with Gasteiger partial charge in [0, 0.05) is 26.7 Å². The molecular formula is C17H18ClNO. The topological polar surface area (TPSA) is 39.2 Å². The van der Waals surface area contributed by atoms with E-state index in [2.05, 4.69) is 13.8 Å². The fraction of sp³-hybridized carbons (Fsp3) is 0.294. The maximum Gasteiger partial charge on any atom is 0.142 e. The van der Waals surface area contributed by atoms with Gasteiger partial charge in [0.1, 0.15) is 11.3 Å². The van der Waals surface area contributed by atoms with Crippen LogP contribution in [0.15, 0.2) is 34.7 Å². The molecule has 0 aliphatic carbocycles. The summed E-state index contributed by atoms with van der Waals surface area (Å²) in [6.45, 7) is 4.81. The van der Waals surface area contributed by atoms with Crippen molar-refractivity contribution in [3.8, 4) is 0 Å². The molecule has 0 amide bonds. The van der Waals surface area contributed by atoms with Gasteiger partial charge < -0.3 is 10.2 Å². The SMILES string of the molecule is CC(C)Cc1c(CN)oc2c1cc(Cl)c1ccccc12. The molecule has 3 aromatic rings. The number of benzene rings is 2. The van der Waals surface area contributed by atoms with Crippen LogP contribution in [0.4, 0.5) is 0 Å². The summed E-state index contributed by atoms with van der Waals surface area (Å²) in [4.78, 5) is 0. The average molecular weight is 288 g/mol. The molecule has 0 aliphatic heterocycles. The van der Waals surface area contributed by atoms with Gasteiger partial charge in [-0.25, -0.2) is 0 Å². The Bertz CT molecular complexity index is 773. The number of rotatable bonds is 3. The van der Waals surface area contributed by atoms with Crippen LogP contribution in [-0.2, 0) is 13.0 Å². The summed E-state index contributed by atoms with van der Waals surface area (Å²) in [5, 5.41) is 3.94. The summed E-state index contributed by atoms with van der Waals surface area (Å²) in [6, 6.07) is 10.1. The van der Waals surface area contributed by atoms with E-state index in [1.54, 1.807) is 0 Å². The van der Waals surface area contributed by atoms with E-state index < -0.39 is 0 Å². The molecule has 0 saturated heterocycles. The number of hydrogen-bond acceptors (Lipinski definition) is 2. The molecule has 1 heterocycles. The van der Waals surface area contributed by atoms with E-state index in [-0.39, 0.29) is 0 Å². The zero-order chi connectivity index (χ0) is 14.3. The van der Waals surface area contributed by atoms with Gasteiger partial charge in [-0.15, -0.1) is 0 Å². The summed E-state index contributed by atoms with van der Waals surface area (Å²) < 4.78 is 6.03. The number of furan rings is 1. The predicted octanol–water partition coefficient (Wildman–Crippen LogP) is 4.90. The summed E-state index contributed by atoms with van der Waals surface area (Å²) in [5.74, 6) is 1.42. The molecule has 3 heteroatoms. The van der Waals surface area contributed by atoms with Crippen LogP contribution in [0, 0.1) is 5.92 Å². The minimum Gasteiger partial charge on any atom is -0.459 e. The highest BCUT2D eigenvalue weighted by atomic mass is 35.5. The summed E-state index contributed by atoms with van der Waals surface area (Å²) in [5.41, 5.74) is 7.95. The number of fused-ring (bicyclic) bond motifs is 3. The van der Waals surface area contributed by atoms with E-state index in [9.17, 15) is 0 Å². The van der Waals surface area contributed by atoms with E-state index in [0.29, 0.717) is 12.5 Å². The Morgan fingerprint density at radius 3 is 2.50 bits per heavy atom. The van der Waals surface area contributed by atoms with Crippen molar-refractivity contribution in [1.82, 2.24) is 0 Å². The third-order valence-electron chi connectivity index (χ3n) is 3.63. The van der Waals surface area contributed by atoms with Gasteiger partial charge in [0.25, 0.3) is 0 Å². The Kier molecular flexibility index (Phi) is 3.45. The molecule has 0 atom stereocenters. The van der Waals surface area contributed by atoms with Crippen LogP contribution in [0.5, 0.6) is 0 Å². The smallest absolute Gasteiger partial charge is 0.142 e. The average Bonchev–Trinajstić information content (AvgIpc) is 2.77. The molecule has 0 bridgehead atoms. The highest BCUT2D eigenvalue weighted by Crippen LogP contribution is 2.37. The van der Waals surface area contributed by atoms with Crippen LogP contribution < -0.4 is 5.73 Å². The zero-order valence-electron chi connectivity index (χ0n) is 11.7. The van der Waals surface area contributed by atoms with Crippen molar-refractivity contribution >= 4 is 33.3 Å². The van der Waals surface area contributed by atoms with Gasteiger partial charge in [0.05, 0.1) is 6.54 Å². The van der Waals surface area contributed by atoms with Crippen LogP contribution in [0.2, 0.25) is 5.02 Å². The van der Waals surface area contributed by atoms with Crippen LogP contribution >= 0.6 is 11.6 Å². The van der Waals surface area contributed by atoms with E-state index in [1.165, 1.54) is 5.56 Å². The van der Waals surface area contributed by atoms with Crippen molar-refractivity contribution in [2.75, 3.05) is 0 Å². The van der Waals surface area contributed by atoms with Crippen molar-refractivity contribution in [3.63, 3.8) is 0 Å². The molecule has 2 nitrogen and oxygen atoms in total. The minimum absolute atomic E-state index is 0.419. The van der Waals surface area contributed by atoms with Gasteiger partial charge in [0.15, 0.2) is 0 Å². The maximum atomic E-state index is 6.42. The third-order valence-corrected chi connectivity index (χ3v) is 3.94. The van der Waals surface area contributed by atoms with E-state index in [1.807, 2.05) is 30.3 Å². The predicted molar refractivity (Wildman–Crippen MR) is 85.2 cm³/mol. The standard InChI is InChI=1S/C17H18ClNO/c1-10(2)7-13-14-8-15(18)11-5-3-4-6-12(11)17(14)20-16(13)9-19/h3-6,8,10H,7,9,19H2,1-2H3. The second-order valence-electron chi connectivity index (χ2n) is 5.59. The van der Waals surface area contributed by atoms with Crippen molar-refractivity contribution < 1.29 is 4.42 Å². The molecule has 104 valence electrons. The molecule has 0 aliphatic rings. The lowest BCUT2D eigenvalue weighted by Gasteiger charge is -2.05. The molecule has 0 fully saturated rings. The van der Waals surface area contributed by atoms with Crippen molar-refractivity contribution in [1.29, 1.82) is 0 Å². The summed E-state index contributed by atoms with van der Waals surface area (Å²) >= 11 is 6.42. The Balaban J connectivity index is 2.39. The second kappa shape index (κ2) is 5.12. The van der Waals surface area contributed by atoms with Gasteiger partial charge in [0.2, 0.25) is 0 Å². The molecule has 0 spiro atoms. The molecule has 3 rings (SSSR count). The van der Waals surface area contributed by atoms with Crippen molar-refractivity contribution in [3.05, 3.63) is 46.7 Å². The lowest BCUT2D eigenvalue weighted by molar-refractivity contribution is 0.537. The molecule has 0 saturated carbocycles. The number of halogens is 1. The van der Waals surface area contributed by atoms with Crippen LogP contribution in [0.25, 0.3) is 21.7 Å². The lowest BCUT2D eigenvalue weighted by Crippen LogP contribution is -2.01. The Hall–Kier alpha value is -1.51. The first-order chi connectivity index (χ1) is 9.61. The van der Waals surface area contributed by atoms with Crippen LogP contribution in [-0.4, -0.2) is 0 Å². The highest BCUT2D eigenvalue weighted by molar-refractivity contribution is 6.37. The molecule has 0 radical (unpaired) electrons. The fourth-order valence-corrected chi connectivity index (χ4v) is 3.04. The highest BCUT2D eigenvalue weighted by Gasteiger charge is 2.17. The largest absolute Gasteiger partial charge is 0.459 e. The molecule has 20 heavy (non-hydrogen) atoms. The Morgan fingerprint density at radius 2 is 1.85 bits per heavy atom. The fourth-order valence-electron chi connectivity index (χ4n) is 2.77. The van der Waals surface area contributed by atoms with E-state index in [4.69, 9.17) is 21.8 Å². The molecule has 2 N–H and O–H groups in total. The molecule has 1 aromatic heterocycles. The number of nitrogens with two attached hydrogens (primary N) is 1. The van der Waals surface area contributed by atoms with E-state index in [0.717, 1.165) is 38.9 Å². The quantitative estimate of drug-likeness (QED) is 0.744. The molecule has 2 aromatic carbocycles. The van der Waals surface area contributed by atoms with Gasteiger partial charge in [-0.05, 0) is 18.4 Å². The Morgan fingerprint density at radius 1 is 1.15 bits per heavy atom. The van der Waals surface area contributed by atoms with Crippen molar-refractivity contribution in [2.24, 2.45) is 11.7 Å². The maximum absolute atomic E-state index is 6.42. The van der Waals surface area contributed by atoms with Gasteiger partial charge in [-0.2, -0.15) is 0 Å². The van der Waals surface area contributed by atoms with Gasteiger partial charge in [-0.1, -0.05) is 49.7 Å². The lowest BCUT2D eigenvalue weighted by atomic mass is 9.98. The van der Waals surface area contributed by atoms with E-state index >= 15 is 0 Å². The van der Waals surface area contributed by atoms with Crippen LogP contribution in [0.1, 0.15) is 25.2 Å². The first-order valence-electron chi connectivity index (χ1n) is 6.93. The molecule has 0 unspecified atom stereocenters. The van der Waals surface area contributed by atoms with Gasteiger partial charge >= 0.3 is 0 Å². The minimum atomic E-state index is 0.419. The third kappa shape index (κ3) is 2.09. The van der Waals surface area contributed by atoms with Crippen molar-refractivity contribution in [2.45, 2.75) is 26.8 Å². The first-order valence-corrected chi connectivity index (χ1v) is 7.31. The summed E-state index contributed by atoms with van der Waals surface area (Å²) in [7, 11) is 0. The molecular weight excluding hydrogens is 270 g/mol. The Labute approximate surface area is 123 Å². The van der Waals surface area contributed by atoms with Gasteiger partial charge in [-0.3, -0.25) is 0 Å². The first kappa shape index (κ1) is 13.5. The zero-order valence-corrected chi connectivity index (χ0v) is 12.5. The number of hydrogen-bond donors (Lipinski definition) is 1. The second-order valence-corrected chi connectivity index (χ2v) is 5.99.